The Morgan fingerprint density at radius 2 is 2.29 bits per heavy atom. The minimum Gasteiger partial charge on any atom is -0.444 e. The van der Waals surface area contributed by atoms with Crippen LogP contribution < -0.4 is 10.2 Å². The number of nitrogens with zero attached hydrogens (tertiary/aromatic N) is 2. The van der Waals surface area contributed by atoms with Crippen LogP contribution in [0.15, 0.2) is 22.8 Å². The lowest BCUT2D eigenvalue weighted by molar-refractivity contribution is 0.0520. The first-order valence-electron chi connectivity index (χ1n) is 7.18. The Labute approximate surface area is 134 Å². The summed E-state index contributed by atoms with van der Waals surface area (Å²) in [6.45, 7) is 8.09. The highest BCUT2D eigenvalue weighted by Crippen LogP contribution is 2.23. The number of alkyl carbamates (subject to hydrolysis) is 1. The van der Waals surface area contributed by atoms with Crippen molar-refractivity contribution >= 4 is 27.8 Å². The third kappa shape index (κ3) is 5.19. The van der Waals surface area contributed by atoms with Crippen LogP contribution in [0.3, 0.4) is 0 Å². The number of anilines is 1. The van der Waals surface area contributed by atoms with E-state index in [1.807, 2.05) is 39.0 Å². The van der Waals surface area contributed by atoms with Crippen LogP contribution in [0.2, 0.25) is 0 Å². The molecule has 0 aliphatic carbocycles. The van der Waals surface area contributed by atoms with Gasteiger partial charge in [0.2, 0.25) is 0 Å². The highest BCUT2D eigenvalue weighted by Gasteiger charge is 2.24. The van der Waals surface area contributed by atoms with Crippen molar-refractivity contribution in [2.75, 3.05) is 24.5 Å². The van der Waals surface area contributed by atoms with Crippen LogP contribution in [0.5, 0.6) is 0 Å². The summed E-state index contributed by atoms with van der Waals surface area (Å²) in [5.41, 5.74) is -0.452. The Balaban J connectivity index is 1.79. The predicted octanol–water partition coefficient (Wildman–Crippen LogP) is 3.20. The quantitative estimate of drug-likeness (QED) is 0.846. The van der Waals surface area contributed by atoms with Gasteiger partial charge in [0.1, 0.15) is 16.0 Å². The van der Waals surface area contributed by atoms with Crippen LogP contribution >= 0.6 is 15.9 Å². The van der Waals surface area contributed by atoms with Gasteiger partial charge in [0.05, 0.1) is 0 Å². The lowest BCUT2D eigenvalue weighted by atomic mass is 10.1. The van der Waals surface area contributed by atoms with Gasteiger partial charge in [0.25, 0.3) is 0 Å². The van der Waals surface area contributed by atoms with Gasteiger partial charge in [0, 0.05) is 19.6 Å². The number of hydrogen-bond acceptors (Lipinski definition) is 4. The monoisotopic (exact) mass is 355 g/mol. The van der Waals surface area contributed by atoms with Crippen molar-refractivity contribution in [2.45, 2.75) is 32.8 Å². The summed E-state index contributed by atoms with van der Waals surface area (Å²) in [7, 11) is 0. The molecule has 1 unspecified atom stereocenters. The van der Waals surface area contributed by atoms with Crippen LogP contribution in [0.4, 0.5) is 10.6 Å². The third-order valence-corrected chi connectivity index (χ3v) is 3.69. The summed E-state index contributed by atoms with van der Waals surface area (Å²) in [6.07, 6.45) is 0.700. The van der Waals surface area contributed by atoms with E-state index >= 15 is 0 Å². The molecule has 1 amide bonds. The molecule has 1 aliphatic rings. The highest BCUT2D eigenvalue weighted by atomic mass is 79.9. The molecule has 5 nitrogen and oxygen atoms in total. The van der Waals surface area contributed by atoms with E-state index < -0.39 is 5.60 Å². The Morgan fingerprint density at radius 3 is 2.95 bits per heavy atom. The fourth-order valence-corrected chi connectivity index (χ4v) is 2.66. The van der Waals surface area contributed by atoms with E-state index in [9.17, 15) is 4.79 Å². The number of carbonyl (C=O) groups is 1. The first kappa shape index (κ1) is 16.1. The van der Waals surface area contributed by atoms with E-state index in [4.69, 9.17) is 4.74 Å². The Morgan fingerprint density at radius 1 is 1.52 bits per heavy atom. The van der Waals surface area contributed by atoms with Gasteiger partial charge in [-0.05, 0) is 61.2 Å². The molecule has 1 atom stereocenters. The van der Waals surface area contributed by atoms with Crippen LogP contribution in [-0.4, -0.2) is 36.3 Å². The number of carbonyl (C=O) groups excluding carboxylic acids is 1. The molecular weight excluding hydrogens is 334 g/mol. The maximum Gasteiger partial charge on any atom is 0.407 e. The number of aromatic nitrogens is 1. The second-order valence-electron chi connectivity index (χ2n) is 6.30. The largest absolute Gasteiger partial charge is 0.444 e. The van der Waals surface area contributed by atoms with E-state index in [2.05, 4.69) is 31.1 Å². The Bertz CT molecular complexity index is 502. The number of hydrogen-bond donors (Lipinski definition) is 1. The average molecular weight is 356 g/mol. The maximum absolute atomic E-state index is 11.6. The highest BCUT2D eigenvalue weighted by molar-refractivity contribution is 9.10. The van der Waals surface area contributed by atoms with Gasteiger partial charge < -0.3 is 15.0 Å². The van der Waals surface area contributed by atoms with Crippen molar-refractivity contribution < 1.29 is 9.53 Å². The number of pyridine rings is 1. The summed E-state index contributed by atoms with van der Waals surface area (Å²) in [5.74, 6) is 1.41. The van der Waals surface area contributed by atoms with E-state index in [0.717, 1.165) is 29.9 Å². The fraction of sp³-hybridized carbons (Fsp3) is 0.600. The molecule has 0 bridgehead atoms. The summed E-state index contributed by atoms with van der Waals surface area (Å²) in [5, 5.41) is 2.85. The molecule has 2 heterocycles. The van der Waals surface area contributed by atoms with Crippen molar-refractivity contribution in [3.05, 3.63) is 22.8 Å². The van der Waals surface area contributed by atoms with E-state index in [1.54, 1.807) is 0 Å². The van der Waals surface area contributed by atoms with Crippen molar-refractivity contribution in [1.82, 2.24) is 10.3 Å². The summed E-state index contributed by atoms with van der Waals surface area (Å²) in [4.78, 5) is 18.4. The smallest absolute Gasteiger partial charge is 0.407 e. The topological polar surface area (TPSA) is 54.5 Å². The lowest BCUT2D eigenvalue weighted by Gasteiger charge is -2.21. The zero-order valence-electron chi connectivity index (χ0n) is 12.7. The number of rotatable bonds is 3. The van der Waals surface area contributed by atoms with Gasteiger partial charge in [-0.3, -0.25) is 0 Å². The molecule has 2 rings (SSSR count). The molecule has 1 aromatic rings. The zero-order valence-corrected chi connectivity index (χ0v) is 14.3. The summed E-state index contributed by atoms with van der Waals surface area (Å²) < 4.78 is 6.09. The molecule has 1 aliphatic heterocycles. The minimum atomic E-state index is -0.452. The number of halogens is 1. The van der Waals surface area contributed by atoms with Gasteiger partial charge in [-0.15, -0.1) is 0 Å². The Hall–Kier alpha value is -1.30. The van der Waals surface area contributed by atoms with Gasteiger partial charge in [-0.25, -0.2) is 9.78 Å². The Kier molecular flexibility index (Phi) is 5.08. The summed E-state index contributed by atoms with van der Waals surface area (Å²) >= 11 is 3.39. The maximum atomic E-state index is 11.6. The van der Waals surface area contributed by atoms with Crippen molar-refractivity contribution in [3.8, 4) is 0 Å². The molecule has 6 heteroatoms. The molecule has 1 fully saturated rings. The molecule has 0 aromatic carbocycles. The zero-order chi connectivity index (χ0) is 15.5. The molecule has 1 aromatic heterocycles. The van der Waals surface area contributed by atoms with Gasteiger partial charge >= 0.3 is 6.09 Å². The van der Waals surface area contributed by atoms with Gasteiger partial charge in [-0.1, -0.05) is 6.07 Å². The molecule has 1 saturated heterocycles. The summed E-state index contributed by atoms with van der Waals surface area (Å²) in [6, 6.07) is 5.91. The van der Waals surface area contributed by atoms with Crippen LogP contribution in [0.25, 0.3) is 0 Å². The van der Waals surface area contributed by atoms with Gasteiger partial charge in [0.15, 0.2) is 0 Å². The van der Waals surface area contributed by atoms with E-state index in [-0.39, 0.29) is 6.09 Å². The molecule has 0 radical (unpaired) electrons. The van der Waals surface area contributed by atoms with Crippen LogP contribution in [0.1, 0.15) is 27.2 Å². The van der Waals surface area contributed by atoms with Crippen molar-refractivity contribution in [1.29, 1.82) is 0 Å². The van der Waals surface area contributed by atoms with Crippen molar-refractivity contribution in [3.63, 3.8) is 0 Å². The average Bonchev–Trinajstić information content (AvgIpc) is 2.83. The lowest BCUT2D eigenvalue weighted by Crippen LogP contribution is -2.36. The molecular formula is C15H22BrN3O2. The normalized spacial score (nSPS) is 18.7. The first-order valence-corrected chi connectivity index (χ1v) is 7.97. The van der Waals surface area contributed by atoms with E-state index in [1.165, 1.54) is 0 Å². The standard InChI is InChI=1S/C15H22BrN3O2/c1-15(2,3)21-14(20)17-9-11-7-8-19(10-11)13-6-4-5-12(16)18-13/h4-6,11H,7-10H2,1-3H3,(H,17,20). The molecule has 21 heavy (non-hydrogen) atoms. The first-order chi connectivity index (χ1) is 9.83. The fourth-order valence-electron chi connectivity index (χ4n) is 2.32. The van der Waals surface area contributed by atoms with Crippen LogP contribution in [-0.2, 0) is 4.74 Å². The van der Waals surface area contributed by atoms with Gasteiger partial charge in [-0.2, -0.15) is 0 Å². The van der Waals surface area contributed by atoms with Crippen molar-refractivity contribution in [2.24, 2.45) is 5.92 Å². The molecule has 116 valence electrons. The molecule has 0 saturated carbocycles. The van der Waals surface area contributed by atoms with Crippen LogP contribution in [0, 0.1) is 5.92 Å². The number of ether oxygens (including phenoxy) is 1. The minimum absolute atomic E-state index is 0.346. The number of nitrogens with one attached hydrogen (secondary N) is 1. The predicted molar refractivity (Wildman–Crippen MR) is 86.5 cm³/mol. The second kappa shape index (κ2) is 6.64. The number of amides is 1. The van der Waals surface area contributed by atoms with E-state index in [0.29, 0.717) is 12.5 Å². The molecule has 1 N–H and O–H groups in total. The molecule has 0 spiro atoms. The second-order valence-corrected chi connectivity index (χ2v) is 7.11. The SMILES string of the molecule is CC(C)(C)OC(=O)NCC1CCN(c2cccc(Br)n2)C1. The third-order valence-electron chi connectivity index (χ3n) is 3.24.